The maximum Gasteiger partial charge on any atom is 0.324 e. The minimum absolute atomic E-state index is 0.0369. The number of rotatable bonds is 6. The Hall–Kier alpha value is -4.95. The van der Waals surface area contributed by atoms with Crippen LogP contribution < -0.4 is 20.3 Å². The van der Waals surface area contributed by atoms with E-state index < -0.39 is 10.1 Å². The molecule has 4 aromatic rings. The van der Waals surface area contributed by atoms with E-state index in [1.54, 1.807) is 23.9 Å². The number of piperazine rings is 1. The minimum Gasteiger partial charge on any atom is -0.496 e. The van der Waals surface area contributed by atoms with Crippen LogP contribution in [-0.2, 0) is 15.5 Å². The molecule has 0 bridgehead atoms. The van der Waals surface area contributed by atoms with E-state index in [0.717, 1.165) is 22.8 Å². The predicted molar refractivity (Wildman–Crippen MR) is 187 cm³/mol. The highest BCUT2D eigenvalue weighted by atomic mass is 32.2. The zero-order valence-electron chi connectivity index (χ0n) is 28.3. The summed E-state index contributed by atoms with van der Waals surface area (Å²) in [6, 6.07) is 20.6. The summed E-state index contributed by atoms with van der Waals surface area (Å²) < 4.78 is 33.0. The van der Waals surface area contributed by atoms with E-state index in [4.69, 9.17) is 19.4 Å². The summed E-state index contributed by atoms with van der Waals surface area (Å²) in [5, 5.41) is 10.7. The van der Waals surface area contributed by atoms with Crippen LogP contribution in [0.4, 0.5) is 22.1 Å². The van der Waals surface area contributed by atoms with Crippen LogP contribution in [0.3, 0.4) is 0 Å². The van der Waals surface area contributed by atoms with Crippen LogP contribution in [0.25, 0.3) is 5.69 Å². The largest absolute Gasteiger partial charge is 0.496 e. The molecule has 0 saturated carbocycles. The molecule has 5 rings (SSSR count). The Labute approximate surface area is 281 Å². The summed E-state index contributed by atoms with van der Waals surface area (Å²) in [4.78, 5) is 35.0. The third kappa shape index (κ3) is 9.55. The number of carbonyl (C=O) groups is 2. The first kappa shape index (κ1) is 35.9. The number of aromatic nitrogens is 3. The molecule has 3 N–H and O–H groups in total. The third-order valence-electron chi connectivity index (χ3n) is 7.55. The molecule has 0 radical (unpaired) electrons. The average Bonchev–Trinajstić information content (AvgIpc) is 3.45. The molecule has 0 spiro atoms. The van der Waals surface area contributed by atoms with Crippen molar-refractivity contribution in [2.24, 2.45) is 0 Å². The molecule has 256 valence electrons. The molecule has 48 heavy (non-hydrogen) atoms. The van der Waals surface area contributed by atoms with E-state index in [9.17, 15) is 18.0 Å². The van der Waals surface area contributed by atoms with Gasteiger partial charge in [0.1, 0.15) is 17.4 Å². The number of pyridine rings is 1. The number of hydrogen-bond donors (Lipinski definition) is 3. The molecule has 3 amide bonds. The molecule has 13 nitrogen and oxygen atoms in total. The number of benzene rings is 2. The summed E-state index contributed by atoms with van der Waals surface area (Å²) in [5.41, 5.74) is 4.57. The number of nitrogens with zero attached hydrogens (tertiary/aromatic N) is 5. The van der Waals surface area contributed by atoms with Crippen molar-refractivity contribution in [2.45, 2.75) is 40.0 Å². The fourth-order valence-corrected chi connectivity index (χ4v) is 4.98. The van der Waals surface area contributed by atoms with Gasteiger partial charge in [0.05, 0.1) is 41.7 Å². The number of aryl methyl sites for hydroxylation is 2. The Balaban J connectivity index is 0.000000968. The molecule has 3 heterocycles. The maximum atomic E-state index is 13.1. The van der Waals surface area contributed by atoms with Gasteiger partial charge in [-0.15, -0.1) is 0 Å². The minimum atomic E-state index is -3.67. The van der Waals surface area contributed by atoms with Crippen LogP contribution in [0.15, 0.2) is 66.7 Å². The maximum absolute atomic E-state index is 13.1. The van der Waals surface area contributed by atoms with E-state index in [1.165, 1.54) is 0 Å². The fraction of sp³-hybridized carbons (Fsp3) is 0.353. The Morgan fingerprint density at radius 1 is 0.917 bits per heavy atom. The highest BCUT2D eigenvalue weighted by Crippen LogP contribution is 2.27. The molecular weight excluding hydrogens is 634 g/mol. The Morgan fingerprint density at radius 2 is 1.54 bits per heavy atom. The predicted octanol–water partition coefficient (Wildman–Crippen LogP) is 5.30. The van der Waals surface area contributed by atoms with Crippen molar-refractivity contribution in [1.29, 1.82) is 0 Å². The summed E-state index contributed by atoms with van der Waals surface area (Å²) >= 11 is 0. The van der Waals surface area contributed by atoms with E-state index in [-0.39, 0.29) is 17.4 Å². The number of ether oxygens (including phenoxy) is 1. The van der Waals surface area contributed by atoms with E-state index in [2.05, 4.69) is 36.3 Å². The Bertz CT molecular complexity index is 1850. The summed E-state index contributed by atoms with van der Waals surface area (Å²) in [5.74, 6) is 1.92. The van der Waals surface area contributed by atoms with Gasteiger partial charge in [-0.2, -0.15) is 13.5 Å². The number of para-hydroxylation sites is 1. The van der Waals surface area contributed by atoms with E-state index in [0.29, 0.717) is 60.9 Å². The van der Waals surface area contributed by atoms with Crippen LogP contribution in [0.5, 0.6) is 5.75 Å². The van der Waals surface area contributed by atoms with Crippen LogP contribution in [-0.4, -0.2) is 84.1 Å². The number of urea groups is 1. The first-order valence-electron chi connectivity index (χ1n) is 15.4. The summed E-state index contributed by atoms with van der Waals surface area (Å²) in [6.45, 7) is 12.6. The second-order valence-electron chi connectivity index (χ2n) is 12.5. The van der Waals surface area contributed by atoms with E-state index >= 15 is 0 Å². The van der Waals surface area contributed by atoms with Crippen molar-refractivity contribution < 1.29 is 27.3 Å². The lowest BCUT2D eigenvalue weighted by molar-refractivity contribution is 0.0743. The smallest absolute Gasteiger partial charge is 0.324 e. The van der Waals surface area contributed by atoms with Gasteiger partial charge in [-0.1, -0.05) is 50.6 Å². The lowest BCUT2D eigenvalue weighted by Crippen LogP contribution is -2.49. The molecular formula is C34H43N7O6S. The normalized spacial score (nSPS) is 13.3. The lowest BCUT2D eigenvalue weighted by atomic mass is 9.92. The quantitative estimate of drug-likeness (QED) is 0.230. The number of hydrogen-bond acceptors (Lipinski definition) is 8. The number of methoxy groups -OCH3 is 1. The van der Waals surface area contributed by atoms with Gasteiger partial charge >= 0.3 is 6.03 Å². The Morgan fingerprint density at radius 3 is 2.12 bits per heavy atom. The van der Waals surface area contributed by atoms with Crippen molar-refractivity contribution in [1.82, 2.24) is 19.7 Å². The van der Waals surface area contributed by atoms with Crippen LogP contribution in [0.1, 0.15) is 48.1 Å². The molecule has 1 fully saturated rings. The van der Waals surface area contributed by atoms with Gasteiger partial charge in [-0.3, -0.25) is 14.7 Å². The molecule has 0 aliphatic carbocycles. The van der Waals surface area contributed by atoms with Crippen molar-refractivity contribution in [3.05, 3.63) is 89.2 Å². The molecule has 2 aromatic carbocycles. The molecule has 0 unspecified atom stereocenters. The molecule has 1 saturated heterocycles. The zero-order valence-corrected chi connectivity index (χ0v) is 29.1. The zero-order chi connectivity index (χ0) is 35.2. The highest BCUT2D eigenvalue weighted by Gasteiger charge is 2.25. The van der Waals surface area contributed by atoms with Crippen LogP contribution in [0, 0.1) is 13.8 Å². The van der Waals surface area contributed by atoms with Crippen molar-refractivity contribution in [3.63, 3.8) is 0 Å². The second kappa shape index (κ2) is 14.9. The van der Waals surface area contributed by atoms with Crippen LogP contribution >= 0.6 is 0 Å². The van der Waals surface area contributed by atoms with Crippen molar-refractivity contribution in [2.75, 3.05) is 55.1 Å². The SMILES string of the molecule is COc1ccccc1C(=O)N1CCN(c2ccc(NC(=O)Nc3cc(C(C)(C)C)nn3-c3ccc(C)cc3)c(C)n2)CC1.CS(=O)(=O)O. The monoisotopic (exact) mass is 677 g/mol. The van der Waals surface area contributed by atoms with Gasteiger partial charge in [0.15, 0.2) is 0 Å². The number of amides is 3. The molecule has 0 atom stereocenters. The molecule has 2 aromatic heterocycles. The fourth-order valence-electron chi connectivity index (χ4n) is 4.98. The topological polar surface area (TPSA) is 159 Å². The van der Waals surface area contributed by atoms with Crippen molar-refractivity contribution in [3.8, 4) is 11.4 Å². The number of nitrogens with one attached hydrogen (secondary N) is 2. The van der Waals surface area contributed by atoms with Gasteiger partial charge in [-0.05, 0) is 50.2 Å². The van der Waals surface area contributed by atoms with E-state index in [1.807, 2.05) is 73.3 Å². The van der Waals surface area contributed by atoms with Crippen LogP contribution in [0.2, 0.25) is 0 Å². The summed E-state index contributed by atoms with van der Waals surface area (Å²) in [7, 11) is -2.09. The first-order valence-corrected chi connectivity index (χ1v) is 17.2. The Kier molecular flexibility index (Phi) is 11.1. The summed E-state index contributed by atoms with van der Waals surface area (Å²) in [6.07, 6.45) is 0.715. The second-order valence-corrected chi connectivity index (χ2v) is 14.0. The first-order chi connectivity index (χ1) is 22.5. The standard InChI is InChI=1S/C33H39N7O3.CH4O3S/c1-22-11-13-24(14-12-22)40-30(21-28(37-40)33(3,4)5)36-32(42)35-26-15-16-29(34-23(26)2)38-17-19-39(20-18-38)31(41)25-9-7-8-10-27(25)43-6;1-5(2,3)4/h7-16,21H,17-20H2,1-6H3,(H2,35,36,42);1H3,(H,2,3,4). The van der Waals surface area contributed by atoms with Gasteiger partial charge in [0.25, 0.3) is 16.0 Å². The van der Waals surface area contributed by atoms with Gasteiger partial charge in [0, 0.05) is 37.7 Å². The van der Waals surface area contributed by atoms with Gasteiger partial charge in [0.2, 0.25) is 0 Å². The average molecular weight is 678 g/mol. The number of carbonyl (C=O) groups excluding carboxylic acids is 2. The van der Waals surface area contributed by atoms with Crippen molar-refractivity contribution >= 4 is 39.4 Å². The highest BCUT2D eigenvalue weighted by molar-refractivity contribution is 7.85. The van der Waals surface area contributed by atoms with Gasteiger partial charge in [-0.25, -0.2) is 14.5 Å². The number of anilines is 3. The molecule has 1 aliphatic rings. The molecule has 14 heteroatoms. The molecule has 1 aliphatic heterocycles. The third-order valence-corrected chi connectivity index (χ3v) is 7.55. The lowest BCUT2D eigenvalue weighted by Gasteiger charge is -2.35. The van der Waals surface area contributed by atoms with Gasteiger partial charge < -0.3 is 19.9 Å².